The molecule has 1 aromatic rings. The van der Waals surface area contributed by atoms with Crippen LogP contribution in [0, 0.1) is 6.92 Å². The summed E-state index contributed by atoms with van der Waals surface area (Å²) >= 11 is 3.45. The number of hydrogen-bond acceptors (Lipinski definition) is 3. The van der Waals surface area contributed by atoms with Gasteiger partial charge in [-0.05, 0) is 24.6 Å². The van der Waals surface area contributed by atoms with E-state index >= 15 is 0 Å². The third kappa shape index (κ3) is 2.30. The quantitative estimate of drug-likeness (QED) is 0.906. The SMILES string of the molecule is COc1cc(Br)c(C)cc1N1CC(N)CC1=O. The van der Waals surface area contributed by atoms with Gasteiger partial charge in [-0.2, -0.15) is 0 Å². The van der Waals surface area contributed by atoms with Crippen LogP contribution >= 0.6 is 15.9 Å². The number of methoxy groups -OCH3 is 1. The Kier molecular flexibility index (Phi) is 3.40. The summed E-state index contributed by atoms with van der Waals surface area (Å²) in [6.45, 7) is 2.53. The van der Waals surface area contributed by atoms with Crippen molar-refractivity contribution < 1.29 is 9.53 Å². The molecular formula is C12H15BrN2O2. The number of amides is 1. The van der Waals surface area contributed by atoms with Crippen molar-refractivity contribution >= 4 is 27.5 Å². The number of aryl methyl sites for hydroxylation is 1. The van der Waals surface area contributed by atoms with Gasteiger partial charge in [-0.1, -0.05) is 15.9 Å². The predicted octanol–water partition coefficient (Wildman–Crippen LogP) is 1.83. The number of hydrogen-bond donors (Lipinski definition) is 1. The number of carbonyl (C=O) groups excluding carboxylic acids is 1. The molecule has 2 rings (SSSR count). The van der Waals surface area contributed by atoms with Crippen LogP contribution in [-0.4, -0.2) is 25.6 Å². The molecule has 1 amide bonds. The van der Waals surface area contributed by atoms with E-state index in [0.717, 1.165) is 15.7 Å². The van der Waals surface area contributed by atoms with E-state index in [4.69, 9.17) is 10.5 Å². The summed E-state index contributed by atoms with van der Waals surface area (Å²) in [5, 5.41) is 0. The number of carbonyl (C=O) groups is 1. The molecule has 0 aromatic heterocycles. The number of anilines is 1. The first-order chi connectivity index (χ1) is 8.02. The predicted molar refractivity (Wildman–Crippen MR) is 70.4 cm³/mol. The lowest BCUT2D eigenvalue weighted by Gasteiger charge is -2.20. The average Bonchev–Trinajstić information content (AvgIpc) is 2.61. The van der Waals surface area contributed by atoms with E-state index in [1.54, 1.807) is 12.0 Å². The Labute approximate surface area is 109 Å². The largest absolute Gasteiger partial charge is 0.495 e. The van der Waals surface area contributed by atoms with E-state index < -0.39 is 0 Å². The topological polar surface area (TPSA) is 55.6 Å². The highest BCUT2D eigenvalue weighted by Gasteiger charge is 2.30. The fourth-order valence-corrected chi connectivity index (χ4v) is 2.31. The monoisotopic (exact) mass is 298 g/mol. The maximum absolute atomic E-state index is 11.8. The minimum absolute atomic E-state index is 0.0533. The molecule has 0 aliphatic carbocycles. The van der Waals surface area contributed by atoms with Gasteiger partial charge in [-0.25, -0.2) is 0 Å². The van der Waals surface area contributed by atoms with Gasteiger partial charge in [0.25, 0.3) is 0 Å². The Hall–Kier alpha value is -1.07. The Balaban J connectivity index is 2.44. The van der Waals surface area contributed by atoms with Crippen LogP contribution in [0.4, 0.5) is 5.69 Å². The number of benzene rings is 1. The van der Waals surface area contributed by atoms with Crippen molar-refractivity contribution in [2.45, 2.75) is 19.4 Å². The van der Waals surface area contributed by atoms with E-state index in [9.17, 15) is 4.79 Å². The van der Waals surface area contributed by atoms with Gasteiger partial charge in [0.2, 0.25) is 5.91 Å². The lowest BCUT2D eigenvalue weighted by molar-refractivity contribution is -0.117. The molecule has 0 bridgehead atoms. The highest BCUT2D eigenvalue weighted by molar-refractivity contribution is 9.10. The summed E-state index contributed by atoms with van der Waals surface area (Å²) in [6, 6.07) is 3.73. The van der Waals surface area contributed by atoms with Gasteiger partial charge in [-0.3, -0.25) is 4.79 Å². The molecular weight excluding hydrogens is 284 g/mol. The first kappa shape index (κ1) is 12.4. The van der Waals surface area contributed by atoms with E-state index in [2.05, 4.69) is 15.9 Å². The van der Waals surface area contributed by atoms with Crippen molar-refractivity contribution in [3.63, 3.8) is 0 Å². The smallest absolute Gasteiger partial charge is 0.228 e. The van der Waals surface area contributed by atoms with Crippen LogP contribution in [-0.2, 0) is 4.79 Å². The number of rotatable bonds is 2. The minimum atomic E-state index is -0.0869. The first-order valence-electron chi connectivity index (χ1n) is 5.43. The minimum Gasteiger partial charge on any atom is -0.495 e. The van der Waals surface area contributed by atoms with Crippen LogP contribution in [0.15, 0.2) is 16.6 Å². The summed E-state index contributed by atoms with van der Waals surface area (Å²) < 4.78 is 6.28. The lowest BCUT2D eigenvalue weighted by Crippen LogP contribution is -2.28. The molecule has 92 valence electrons. The van der Waals surface area contributed by atoms with E-state index in [0.29, 0.717) is 18.7 Å². The third-order valence-electron chi connectivity index (χ3n) is 2.91. The molecule has 1 saturated heterocycles. The molecule has 1 atom stereocenters. The maximum atomic E-state index is 11.8. The highest BCUT2D eigenvalue weighted by atomic mass is 79.9. The zero-order valence-electron chi connectivity index (χ0n) is 9.87. The molecule has 5 heteroatoms. The summed E-state index contributed by atoms with van der Waals surface area (Å²) in [6.07, 6.45) is 0.401. The second-order valence-electron chi connectivity index (χ2n) is 4.24. The van der Waals surface area contributed by atoms with Crippen LogP contribution in [0.3, 0.4) is 0 Å². The van der Waals surface area contributed by atoms with Crippen molar-refractivity contribution in [2.75, 3.05) is 18.6 Å². The molecule has 4 nitrogen and oxygen atoms in total. The van der Waals surface area contributed by atoms with Gasteiger partial charge in [0.1, 0.15) is 5.75 Å². The van der Waals surface area contributed by atoms with Crippen molar-refractivity contribution in [1.29, 1.82) is 0 Å². The van der Waals surface area contributed by atoms with E-state index in [1.165, 1.54) is 0 Å². The summed E-state index contributed by atoms with van der Waals surface area (Å²) in [7, 11) is 1.60. The van der Waals surface area contributed by atoms with Gasteiger partial charge in [0, 0.05) is 23.5 Å². The van der Waals surface area contributed by atoms with Crippen molar-refractivity contribution in [2.24, 2.45) is 5.73 Å². The molecule has 1 heterocycles. The van der Waals surface area contributed by atoms with Crippen LogP contribution in [0.2, 0.25) is 0 Å². The number of ether oxygens (including phenoxy) is 1. The van der Waals surface area contributed by atoms with Gasteiger partial charge in [0.15, 0.2) is 0 Å². The zero-order chi connectivity index (χ0) is 12.6. The van der Waals surface area contributed by atoms with Crippen LogP contribution < -0.4 is 15.4 Å². The normalized spacial score (nSPS) is 19.9. The number of nitrogens with two attached hydrogens (primary N) is 1. The fraction of sp³-hybridized carbons (Fsp3) is 0.417. The third-order valence-corrected chi connectivity index (χ3v) is 3.76. The average molecular weight is 299 g/mol. The van der Waals surface area contributed by atoms with Gasteiger partial charge < -0.3 is 15.4 Å². The van der Waals surface area contributed by atoms with Crippen LogP contribution in [0.1, 0.15) is 12.0 Å². The molecule has 17 heavy (non-hydrogen) atoms. The van der Waals surface area contributed by atoms with Gasteiger partial charge in [0.05, 0.1) is 12.8 Å². The lowest BCUT2D eigenvalue weighted by atomic mass is 10.2. The Morgan fingerprint density at radius 2 is 2.24 bits per heavy atom. The highest BCUT2D eigenvalue weighted by Crippen LogP contribution is 2.35. The Morgan fingerprint density at radius 3 is 2.76 bits per heavy atom. The summed E-state index contributed by atoms with van der Waals surface area (Å²) in [5.74, 6) is 0.738. The molecule has 1 unspecified atom stereocenters. The van der Waals surface area contributed by atoms with Crippen molar-refractivity contribution in [1.82, 2.24) is 0 Å². The van der Waals surface area contributed by atoms with E-state index in [-0.39, 0.29) is 11.9 Å². The molecule has 1 aromatic carbocycles. The molecule has 0 radical (unpaired) electrons. The first-order valence-corrected chi connectivity index (χ1v) is 6.22. The summed E-state index contributed by atoms with van der Waals surface area (Å²) in [5.41, 5.74) is 7.66. The molecule has 0 spiro atoms. The molecule has 1 aliphatic heterocycles. The van der Waals surface area contributed by atoms with Crippen LogP contribution in [0.5, 0.6) is 5.75 Å². The molecule has 0 saturated carbocycles. The number of nitrogens with zero attached hydrogens (tertiary/aromatic N) is 1. The van der Waals surface area contributed by atoms with Crippen molar-refractivity contribution in [3.05, 3.63) is 22.2 Å². The zero-order valence-corrected chi connectivity index (χ0v) is 11.5. The Morgan fingerprint density at radius 1 is 1.53 bits per heavy atom. The fourth-order valence-electron chi connectivity index (χ4n) is 1.99. The standard InChI is InChI=1S/C12H15BrN2O2/c1-7-3-10(11(17-2)5-9(7)13)15-6-8(14)4-12(15)16/h3,5,8H,4,6,14H2,1-2H3. The Bertz CT molecular complexity index is 462. The second-order valence-corrected chi connectivity index (χ2v) is 5.10. The van der Waals surface area contributed by atoms with Crippen LogP contribution in [0.25, 0.3) is 0 Å². The molecule has 1 aliphatic rings. The molecule has 1 fully saturated rings. The summed E-state index contributed by atoms with van der Waals surface area (Å²) in [4.78, 5) is 13.5. The second kappa shape index (κ2) is 4.66. The molecule has 2 N–H and O–H groups in total. The van der Waals surface area contributed by atoms with Crippen molar-refractivity contribution in [3.8, 4) is 5.75 Å². The van der Waals surface area contributed by atoms with E-state index in [1.807, 2.05) is 19.1 Å². The van der Waals surface area contributed by atoms with Gasteiger partial charge in [-0.15, -0.1) is 0 Å². The van der Waals surface area contributed by atoms with Gasteiger partial charge >= 0.3 is 0 Å². The number of halogens is 1. The maximum Gasteiger partial charge on any atom is 0.228 e.